The monoisotopic (exact) mass is 394 g/mol. The fraction of sp³-hybridized carbons (Fsp3) is 0.696. The van der Waals surface area contributed by atoms with Crippen molar-refractivity contribution in [1.29, 1.82) is 0 Å². The third-order valence-corrected chi connectivity index (χ3v) is 8.50. The van der Waals surface area contributed by atoms with Crippen molar-refractivity contribution >= 4 is 17.5 Å². The van der Waals surface area contributed by atoms with Crippen LogP contribution in [0.15, 0.2) is 24.5 Å². The second kappa shape index (κ2) is 6.19. The van der Waals surface area contributed by atoms with Crippen LogP contribution in [0.3, 0.4) is 0 Å². The van der Waals surface area contributed by atoms with Crippen molar-refractivity contribution in [3.05, 3.63) is 24.5 Å². The van der Waals surface area contributed by atoms with Gasteiger partial charge in [0.05, 0.1) is 11.8 Å². The van der Waals surface area contributed by atoms with Gasteiger partial charge in [-0.25, -0.2) is 0 Å². The van der Waals surface area contributed by atoms with Crippen molar-refractivity contribution in [3.8, 4) is 0 Å². The zero-order valence-corrected chi connectivity index (χ0v) is 17.0. The molecule has 0 bridgehead atoms. The Balaban J connectivity index is 1.05. The topological polar surface area (TPSA) is 65.5 Å². The van der Waals surface area contributed by atoms with E-state index in [1.807, 2.05) is 17.0 Å². The first-order chi connectivity index (χ1) is 14.1. The highest BCUT2D eigenvalue weighted by atomic mass is 16.2. The number of piperidine rings is 1. The van der Waals surface area contributed by atoms with Crippen molar-refractivity contribution in [3.63, 3.8) is 0 Å². The molecule has 1 aromatic heterocycles. The number of amides is 2. The molecule has 154 valence electrons. The van der Waals surface area contributed by atoms with Crippen LogP contribution in [0.25, 0.3) is 0 Å². The summed E-state index contributed by atoms with van der Waals surface area (Å²) in [6.07, 6.45) is 11.5. The van der Waals surface area contributed by atoms with Gasteiger partial charge in [-0.05, 0) is 67.9 Å². The van der Waals surface area contributed by atoms with E-state index in [4.69, 9.17) is 0 Å². The number of anilines is 1. The molecule has 5 fully saturated rings. The van der Waals surface area contributed by atoms with Crippen LogP contribution in [0.4, 0.5) is 5.69 Å². The number of pyridine rings is 1. The van der Waals surface area contributed by atoms with Crippen molar-refractivity contribution in [2.24, 2.45) is 22.7 Å². The summed E-state index contributed by atoms with van der Waals surface area (Å²) < 4.78 is 0. The number of rotatable bonds is 4. The van der Waals surface area contributed by atoms with E-state index in [0.717, 1.165) is 44.6 Å². The van der Waals surface area contributed by atoms with Gasteiger partial charge in [0.1, 0.15) is 0 Å². The van der Waals surface area contributed by atoms with Gasteiger partial charge in [-0.15, -0.1) is 0 Å². The average molecular weight is 395 g/mol. The Morgan fingerprint density at radius 3 is 2.41 bits per heavy atom. The summed E-state index contributed by atoms with van der Waals surface area (Å²) in [5.41, 5.74) is 1.95. The van der Waals surface area contributed by atoms with E-state index in [2.05, 4.69) is 15.2 Å². The van der Waals surface area contributed by atoms with Crippen LogP contribution in [0.5, 0.6) is 0 Å². The van der Waals surface area contributed by atoms with Crippen LogP contribution in [-0.4, -0.2) is 53.9 Å². The molecule has 1 unspecified atom stereocenters. The molecule has 3 heterocycles. The molecular weight excluding hydrogens is 364 g/mol. The Labute approximate surface area is 172 Å². The molecule has 6 rings (SSSR count). The minimum absolute atomic E-state index is 0.0607. The Hall–Kier alpha value is -2.11. The Bertz CT molecular complexity index is 815. The van der Waals surface area contributed by atoms with Crippen molar-refractivity contribution in [2.45, 2.75) is 51.0 Å². The van der Waals surface area contributed by atoms with Gasteiger partial charge < -0.3 is 15.1 Å². The normalized spacial score (nSPS) is 31.2. The Kier molecular flexibility index (Phi) is 3.78. The smallest absolute Gasteiger partial charge is 0.227 e. The summed E-state index contributed by atoms with van der Waals surface area (Å²) in [5, 5.41) is 3.33. The van der Waals surface area contributed by atoms with Gasteiger partial charge in [0, 0.05) is 50.3 Å². The quantitative estimate of drug-likeness (QED) is 0.850. The number of likely N-dealkylation sites (tertiary alicyclic amines) is 1. The summed E-state index contributed by atoms with van der Waals surface area (Å²) >= 11 is 0. The number of fused-ring (bicyclic) bond motifs is 1. The highest BCUT2D eigenvalue weighted by Gasteiger charge is 2.88. The summed E-state index contributed by atoms with van der Waals surface area (Å²) in [7, 11) is 0. The van der Waals surface area contributed by atoms with E-state index < -0.39 is 0 Å². The number of aromatic nitrogens is 1. The van der Waals surface area contributed by atoms with Gasteiger partial charge in [-0.1, -0.05) is 0 Å². The number of hydrogen-bond acceptors (Lipinski definition) is 4. The van der Waals surface area contributed by atoms with Gasteiger partial charge in [-0.3, -0.25) is 14.6 Å². The van der Waals surface area contributed by atoms with E-state index in [1.165, 1.54) is 25.7 Å². The van der Waals surface area contributed by atoms with Crippen LogP contribution >= 0.6 is 0 Å². The van der Waals surface area contributed by atoms with Gasteiger partial charge in [0.25, 0.3) is 0 Å². The molecular formula is C23H30N4O2. The lowest BCUT2D eigenvalue weighted by Gasteiger charge is -2.34. The number of nitrogens with zero attached hydrogens (tertiary/aromatic N) is 3. The minimum atomic E-state index is 0.0607. The van der Waals surface area contributed by atoms with Gasteiger partial charge in [0.15, 0.2) is 0 Å². The SMILES string of the molecule is O=C(N[C@@H]1CCCN(C(=O)C2CCN(c3ccncc3)C2)C1)C1C2(CC2)C12CC2. The first kappa shape index (κ1) is 17.7. The number of carbonyl (C=O) groups is 2. The number of nitrogens with one attached hydrogen (secondary N) is 1. The molecule has 1 aromatic rings. The minimum Gasteiger partial charge on any atom is -0.371 e. The average Bonchev–Trinajstić information content (AvgIpc) is 3.71. The molecule has 2 atom stereocenters. The molecule has 6 heteroatoms. The molecule has 2 saturated heterocycles. The highest BCUT2D eigenvalue weighted by molar-refractivity contribution is 5.87. The molecule has 3 aliphatic carbocycles. The lowest BCUT2D eigenvalue weighted by molar-refractivity contribution is -0.137. The van der Waals surface area contributed by atoms with Crippen LogP contribution in [0.1, 0.15) is 44.9 Å². The molecule has 3 saturated carbocycles. The zero-order chi connectivity index (χ0) is 19.6. The lowest BCUT2D eigenvalue weighted by atomic mass is 10.0. The number of hydrogen-bond donors (Lipinski definition) is 1. The molecule has 5 aliphatic rings. The third-order valence-electron chi connectivity index (χ3n) is 8.50. The van der Waals surface area contributed by atoms with Crippen molar-refractivity contribution < 1.29 is 9.59 Å². The maximum Gasteiger partial charge on any atom is 0.227 e. The van der Waals surface area contributed by atoms with Crippen molar-refractivity contribution in [1.82, 2.24) is 15.2 Å². The van der Waals surface area contributed by atoms with Gasteiger partial charge in [-0.2, -0.15) is 0 Å². The Morgan fingerprint density at radius 2 is 1.72 bits per heavy atom. The maximum atomic E-state index is 13.2. The van der Waals surface area contributed by atoms with E-state index in [9.17, 15) is 9.59 Å². The summed E-state index contributed by atoms with van der Waals surface area (Å²) in [5.74, 6) is 0.892. The van der Waals surface area contributed by atoms with E-state index in [1.54, 1.807) is 12.4 Å². The lowest BCUT2D eigenvalue weighted by Crippen LogP contribution is -2.51. The molecule has 6 nitrogen and oxygen atoms in total. The largest absolute Gasteiger partial charge is 0.371 e. The molecule has 1 N–H and O–H groups in total. The molecule has 29 heavy (non-hydrogen) atoms. The second-order valence-corrected chi connectivity index (χ2v) is 10.0. The van der Waals surface area contributed by atoms with Crippen LogP contribution in [-0.2, 0) is 9.59 Å². The first-order valence-corrected chi connectivity index (χ1v) is 11.4. The van der Waals surface area contributed by atoms with E-state index >= 15 is 0 Å². The second-order valence-electron chi connectivity index (χ2n) is 10.0. The first-order valence-electron chi connectivity index (χ1n) is 11.4. The number of carbonyl (C=O) groups excluding carboxylic acids is 2. The summed E-state index contributed by atoms with van der Waals surface area (Å²) in [6.45, 7) is 3.21. The predicted molar refractivity (Wildman–Crippen MR) is 109 cm³/mol. The fourth-order valence-electron chi connectivity index (χ4n) is 6.67. The van der Waals surface area contributed by atoms with Crippen LogP contribution in [0, 0.1) is 22.7 Å². The molecule has 2 amide bonds. The van der Waals surface area contributed by atoms with Crippen LogP contribution in [0.2, 0.25) is 0 Å². The fourth-order valence-corrected chi connectivity index (χ4v) is 6.67. The summed E-state index contributed by atoms with van der Waals surface area (Å²) in [4.78, 5) is 34.4. The predicted octanol–water partition coefficient (Wildman–Crippen LogP) is 2.21. The van der Waals surface area contributed by atoms with Crippen LogP contribution < -0.4 is 10.2 Å². The van der Waals surface area contributed by atoms with Gasteiger partial charge >= 0.3 is 0 Å². The van der Waals surface area contributed by atoms with Crippen molar-refractivity contribution in [2.75, 3.05) is 31.1 Å². The zero-order valence-electron chi connectivity index (χ0n) is 17.0. The van der Waals surface area contributed by atoms with Gasteiger partial charge in [0.2, 0.25) is 11.8 Å². The highest BCUT2D eigenvalue weighted by Crippen LogP contribution is 2.92. The molecule has 2 aliphatic heterocycles. The standard InChI is InChI=1S/C23H30N4O2/c28-20(19-22(6-7-22)23(19)8-9-23)25-17-2-1-12-27(15-17)21(29)16-5-13-26(14-16)18-3-10-24-11-4-18/h3-4,10-11,16-17,19H,1-2,5-9,12-15H2,(H,25,28)/t16?,17-/m1/s1. The van der Waals surface area contributed by atoms with E-state index in [0.29, 0.717) is 17.4 Å². The summed E-state index contributed by atoms with van der Waals surface area (Å²) in [6, 6.07) is 4.15. The molecule has 2 spiro atoms. The molecule has 0 radical (unpaired) electrons. The maximum absolute atomic E-state index is 13.2. The molecule has 0 aromatic carbocycles. The van der Waals surface area contributed by atoms with E-state index in [-0.39, 0.29) is 29.7 Å². The third kappa shape index (κ3) is 2.71. The Morgan fingerprint density at radius 1 is 1.00 bits per heavy atom.